The van der Waals surface area contributed by atoms with E-state index in [4.69, 9.17) is 16.2 Å². The maximum absolute atomic E-state index is 11.9. The third kappa shape index (κ3) is 3.47. The van der Waals surface area contributed by atoms with E-state index in [1.807, 2.05) is 18.3 Å². The summed E-state index contributed by atoms with van der Waals surface area (Å²) in [7, 11) is 0. The lowest BCUT2D eigenvalue weighted by atomic mass is 10.1. The van der Waals surface area contributed by atoms with Crippen molar-refractivity contribution in [2.24, 2.45) is 5.73 Å². The number of carboxylic acids is 1. The highest BCUT2D eigenvalue weighted by Crippen LogP contribution is 2.20. The molecule has 0 aliphatic rings. The molecule has 8 nitrogen and oxygen atoms in total. The first-order valence-corrected chi connectivity index (χ1v) is 7.37. The minimum absolute atomic E-state index is 0.00133. The first-order valence-electron chi connectivity index (χ1n) is 7.37. The molecule has 0 saturated carbocycles. The van der Waals surface area contributed by atoms with Crippen LogP contribution in [-0.4, -0.2) is 38.7 Å². The molecule has 3 aromatic rings. The number of amidine groups is 1. The molecule has 0 atom stereocenters. The fraction of sp³-hybridized carbons (Fsp3) is 0.0588. The van der Waals surface area contributed by atoms with E-state index in [1.54, 1.807) is 34.9 Å². The number of aliphatic carboxylic acids is 1. The highest BCUT2D eigenvalue weighted by Gasteiger charge is 2.10. The Bertz CT molecular complexity index is 976. The van der Waals surface area contributed by atoms with Crippen LogP contribution in [0.4, 0.5) is 0 Å². The van der Waals surface area contributed by atoms with Crippen LogP contribution in [0.3, 0.4) is 0 Å². The van der Waals surface area contributed by atoms with Gasteiger partial charge in [0, 0.05) is 29.1 Å². The van der Waals surface area contributed by atoms with Crippen LogP contribution in [0, 0.1) is 5.41 Å². The van der Waals surface area contributed by atoms with Crippen LogP contribution in [0.1, 0.15) is 15.9 Å². The molecule has 2 aromatic heterocycles. The summed E-state index contributed by atoms with van der Waals surface area (Å²) >= 11 is 0. The number of nitrogens with one attached hydrogen (secondary N) is 2. The van der Waals surface area contributed by atoms with E-state index in [0.29, 0.717) is 22.5 Å². The first-order chi connectivity index (χ1) is 11.9. The van der Waals surface area contributed by atoms with Crippen molar-refractivity contribution in [2.45, 2.75) is 0 Å². The molecule has 0 aliphatic heterocycles. The molecule has 2 heterocycles. The zero-order valence-electron chi connectivity index (χ0n) is 13.1. The Morgan fingerprint density at radius 3 is 2.56 bits per heavy atom. The van der Waals surface area contributed by atoms with Gasteiger partial charge in [-0.25, -0.2) is 4.98 Å². The molecule has 1 aromatic carbocycles. The molecule has 0 radical (unpaired) electrons. The summed E-state index contributed by atoms with van der Waals surface area (Å²) in [6.45, 7) is -0.438. The average molecular weight is 337 g/mol. The third-order valence-corrected chi connectivity index (χ3v) is 3.61. The monoisotopic (exact) mass is 337 g/mol. The maximum atomic E-state index is 11.9. The highest BCUT2D eigenvalue weighted by atomic mass is 16.4. The number of fused-ring (bicyclic) bond motifs is 1. The van der Waals surface area contributed by atoms with Crippen molar-refractivity contribution < 1.29 is 14.7 Å². The smallest absolute Gasteiger partial charge is 0.322 e. The molecule has 25 heavy (non-hydrogen) atoms. The minimum Gasteiger partial charge on any atom is -0.480 e. The summed E-state index contributed by atoms with van der Waals surface area (Å²) in [6, 6.07) is 10.3. The fourth-order valence-electron chi connectivity index (χ4n) is 2.34. The van der Waals surface area contributed by atoms with Gasteiger partial charge in [-0.15, -0.1) is 0 Å². The molecular weight excluding hydrogens is 322 g/mol. The normalized spacial score (nSPS) is 10.6. The topological polar surface area (TPSA) is 134 Å². The number of nitrogens with zero attached hydrogens (tertiary/aromatic N) is 2. The van der Waals surface area contributed by atoms with Crippen molar-refractivity contribution in [3.05, 3.63) is 59.9 Å². The average Bonchev–Trinajstić information content (AvgIpc) is 3.02. The largest absolute Gasteiger partial charge is 0.480 e. The number of rotatable bonds is 5. The van der Waals surface area contributed by atoms with Crippen LogP contribution in [0.25, 0.3) is 16.9 Å². The zero-order chi connectivity index (χ0) is 18.0. The van der Waals surface area contributed by atoms with Gasteiger partial charge in [0.15, 0.2) is 0 Å². The Hall–Kier alpha value is -3.68. The molecule has 5 N–H and O–H groups in total. The number of aromatic nitrogens is 2. The summed E-state index contributed by atoms with van der Waals surface area (Å²) < 4.78 is 1.77. The van der Waals surface area contributed by atoms with Gasteiger partial charge in [0.05, 0.1) is 5.69 Å². The van der Waals surface area contributed by atoms with Crippen LogP contribution in [0.15, 0.2) is 48.8 Å². The number of pyridine rings is 1. The molecule has 0 fully saturated rings. The molecule has 3 rings (SSSR count). The van der Waals surface area contributed by atoms with Gasteiger partial charge in [-0.1, -0.05) is 24.3 Å². The Labute approximate surface area is 142 Å². The Morgan fingerprint density at radius 2 is 1.92 bits per heavy atom. The quantitative estimate of drug-likeness (QED) is 0.408. The lowest BCUT2D eigenvalue weighted by Crippen LogP contribution is -2.29. The number of hydrogen-bond donors (Lipinski definition) is 4. The van der Waals surface area contributed by atoms with Crippen molar-refractivity contribution in [2.75, 3.05) is 6.54 Å². The summed E-state index contributed by atoms with van der Waals surface area (Å²) in [5.74, 6) is -1.58. The third-order valence-electron chi connectivity index (χ3n) is 3.61. The van der Waals surface area contributed by atoms with Gasteiger partial charge in [-0.05, 0) is 12.1 Å². The molecule has 0 saturated heterocycles. The second-order valence-corrected chi connectivity index (χ2v) is 5.37. The molecule has 0 spiro atoms. The highest BCUT2D eigenvalue weighted by molar-refractivity contribution is 5.97. The number of nitrogen functional groups attached to an aromatic ring is 1. The fourth-order valence-corrected chi connectivity index (χ4v) is 2.34. The number of imidazole rings is 1. The van der Waals surface area contributed by atoms with E-state index in [0.717, 1.165) is 5.56 Å². The van der Waals surface area contributed by atoms with Gasteiger partial charge in [0.2, 0.25) is 0 Å². The van der Waals surface area contributed by atoms with E-state index >= 15 is 0 Å². The molecule has 1 amide bonds. The predicted octanol–water partition coefficient (Wildman–Crippen LogP) is 1.10. The Morgan fingerprint density at radius 1 is 1.20 bits per heavy atom. The SMILES string of the molecule is N=C(N)c1ccc(-c2cn3ccc(C(=O)NCC(=O)O)cc3n2)cc1. The van der Waals surface area contributed by atoms with E-state index in [9.17, 15) is 9.59 Å². The number of carboxylic acid groups (broad SMARTS) is 1. The summed E-state index contributed by atoms with van der Waals surface area (Å²) in [5.41, 5.74) is 8.52. The first kappa shape index (κ1) is 16.2. The second kappa shape index (κ2) is 6.44. The van der Waals surface area contributed by atoms with Crippen molar-refractivity contribution in [1.29, 1.82) is 5.41 Å². The summed E-state index contributed by atoms with van der Waals surface area (Å²) in [6.07, 6.45) is 3.50. The Kier molecular flexibility index (Phi) is 4.17. The number of carbonyl (C=O) groups is 2. The van der Waals surface area contributed by atoms with Gasteiger partial charge in [0.1, 0.15) is 18.0 Å². The van der Waals surface area contributed by atoms with E-state index in [1.165, 1.54) is 0 Å². The predicted molar refractivity (Wildman–Crippen MR) is 91.6 cm³/mol. The molecule has 126 valence electrons. The van der Waals surface area contributed by atoms with Gasteiger partial charge in [-0.2, -0.15) is 0 Å². The van der Waals surface area contributed by atoms with Gasteiger partial charge >= 0.3 is 5.97 Å². The van der Waals surface area contributed by atoms with Crippen LogP contribution in [0.5, 0.6) is 0 Å². The summed E-state index contributed by atoms with van der Waals surface area (Å²) in [4.78, 5) is 26.9. The molecule has 0 bridgehead atoms. The Balaban J connectivity index is 1.88. The lowest BCUT2D eigenvalue weighted by molar-refractivity contribution is -0.135. The zero-order valence-corrected chi connectivity index (χ0v) is 13.1. The molecule has 8 heteroatoms. The maximum Gasteiger partial charge on any atom is 0.322 e. The van der Waals surface area contributed by atoms with Crippen molar-refractivity contribution >= 4 is 23.4 Å². The van der Waals surface area contributed by atoms with E-state index in [2.05, 4.69) is 10.3 Å². The number of nitrogens with two attached hydrogens (primary N) is 1. The minimum atomic E-state index is -1.11. The standard InChI is InChI=1S/C17H15N5O3/c18-16(19)11-3-1-10(2-4-11)13-9-22-6-5-12(7-14(22)21-13)17(25)20-8-15(23)24/h1-7,9H,8H2,(H3,18,19)(H,20,25)(H,23,24). The number of amides is 1. The molecule has 0 unspecified atom stereocenters. The van der Waals surface area contributed by atoms with E-state index < -0.39 is 18.4 Å². The molecular formula is C17H15N5O3. The van der Waals surface area contributed by atoms with Crippen LogP contribution < -0.4 is 11.1 Å². The van der Waals surface area contributed by atoms with Crippen molar-refractivity contribution in [3.8, 4) is 11.3 Å². The second-order valence-electron chi connectivity index (χ2n) is 5.37. The van der Waals surface area contributed by atoms with Gasteiger partial charge in [-0.3, -0.25) is 15.0 Å². The number of benzene rings is 1. The van der Waals surface area contributed by atoms with Gasteiger partial charge in [0.25, 0.3) is 5.91 Å². The van der Waals surface area contributed by atoms with Crippen molar-refractivity contribution in [3.63, 3.8) is 0 Å². The lowest BCUT2D eigenvalue weighted by Gasteiger charge is -2.02. The molecule has 0 aliphatic carbocycles. The number of carbonyl (C=O) groups excluding carboxylic acids is 1. The summed E-state index contributed by atoms with van der Waals surface area (Å²) in [5, 5.41) is 18.3. The van der Waals surface area contributed by atoms with Crippen LogP contribution in [0.2, 0.25) is 0 Å². The van der Waals surface area contributed by atoms with Crippen molar-refractivity contribution in [1.82, 2.24) is 14.7 Å². The van der Waals surface area contributed by atoms with E-state index in [-0.39, 0.29) is 5.84 Å². The number of hydrogen-bond acceptors (Lipinski definition) is 4. The van der Waals surface area contributed by atoms with Crippen LogP contribution >= 0.6 is 0 Å². The van der Waals surface area contributed by atoms with Gasteiger partial charge < -0.3 is 20.6 Å². The van der Waals surface area contributed by atoms with Crippen LogP contribution in [-0.2, 0) is 4.79 Å².